The fourth-order valence-electron chi connectivity index (χ4n) is 2.22. The van der Waals surface area contributed by atoms with Crippen LogP contribution in [0.2, 0.25) is 0 Å². The number of methoxy groups -OCH3 is 1. The van der Waals surface area contributed by atoms with Crippen LogP contribution in [-0.2, 0) is 4.74 Å². The predicted molar refractivity (Wildman–Crippen MR) is 103 cm³/mol. The molecule has 142 valence electrons. The topological polar surface area (TPSA) is 50.8 Å². The largest absolute Gasteiger partial charge is 0.491 e. The zero-order valence-corrected chi connectivity index (χ0v) is 16.4. The van der Waals surface area contributed by atoms with Crippen LogP contribution >= 0.6 is 0 Å². The van der Waals surface area contributed by atoms with Crippen LogP contribution in [0.25, 0.3) is 0 Å². The van der Waals surface area contributed by atoms with Gasteiger partial charge >= 0.3 is 6.03 Å². The zero-order valence-electron chi connectivity index (χ0n) is 16.4. The molecule has 0 aliphatic carbocycles. The summed E-state index contributed by atoms with van der Waals surface area (Å²) in [5, 5.41) is 2.99. The van der Waals surface area contributed by atoms with Gasteiger partial charge in [0.1, 0.15) is 12.4 Å². The van der Waals surface area contributed by atoms with Gasteiger partial charge in [-0.2, -0.15) is 0 Å². The number of hydrogen-bond acceptors (Lipinski definition) is 3. The van der Waals surface area contributed by atoms with Crippen LogP contribution in [0.3, 0.4) is 0 Å². The Bertz CT molecular complexity index is 474. The van der Waals surface area contributed by atoms with Crippen LogP contribution in [0.15, 0.2) is 24.3 Å². The summed E-state index contributed by atoms with van der Waals surface area (Å²) >= 11 is 0. The summed E-state index contributed by atoms with van der Waals surface area (Å²) in [5.74, 6) is 1.93. The second-order valence-electron chi connectivity index (χ2n) is 7.15. The lowest BCUT2D eigenvalue weighted by Crippen LogP contribution is -2.37. The predicted octanol–water partition coefficient (Wildman–Crippen LogP) is 4.64. The van der Waals surface area contributed by atoms with E-state index in [9.17, 15) is 4.79 Å². The average molecular weight is 351 g/mol. The molecule has 0 atom stereocenters. The van der Waals surface area contributed by atoms with E-state index in [1.807, 2.05) is 29.2 Å². The van der Waals surface area contributed by atoms with E-state index in [0.717, 1.165) is 37.4 Å². The molecule has 0 radical (unpaired) electrons. The van der Waals surface area contributed by atoms with Crippen LogP contribution in [-0.4, -0.2) is 44.3 Å². The van der Waals surface area contributed by atoms with Gasteiger partial charge in [-0.3, -0.25) is 0 Å². The molecule has 1 rings (SSSR count). The summed E-state index contributed by atoms with van der Waals surface area (Å²) in [4.78, 5) is 14.5. The number of amides is 2. The van der Waals surface area contributed by atoms with Gasteiger partial charge < -0.3 is 19.7 Å². The third-order valence-electron chi connectivity index (χ3n) is 3.90. The summed E-state index contributed by atoms with van der Waals surface area (Å²) in [6, 6.07) is 7.41. The Morgan fingerprint density at radius 1 is 1.00 bits per heavy atom. The number of ether oxygens (including phenoxy) is 2. The smallest absolute Gasteiger partial charge is 0.321 e. The highest BCUT2D eigenvalue weighted by Crippen LogP contribution is 2.17. The van der Waals surface area contributed by atoms with Crippen LogP contribution in [0.4, 0.5) is 10.5 Å². The summed E-state index contributed by atoms with van der Waals surface area (Å²) in [5.41, 5.74) is 0.781. The molecule has 0 fully saturated rings. The van der Waals surface area contributed by atoms with Crippen molar-refractivity contribution in [2.75, 3.05) is 38.7 Å². The number of nitrogens with zero attached hydrogens (tertiary/aromatic N) is 1. The fraction of sp³-hybridized carbons (Fsp3) is 0.650. The van der Waals surface area contributed by atoms with Crippen LogP contribution in [0, 0.1) is 11.8 Å². The maximum atomic E-state index is 12.6. The van der Waals surface area contributed by atoms with E-state index in [0.29, 0.717) is 25.0 Å². The van der Waals surface area contributed by atoms with Gasteiger partial charge in [0.15, 0.2) is 0 Å². The van der Waals surface area contributed by atoms with Crippen LogP contribution < -0.4 is 10.1 Å². The highest BCUT2D eigenvalue weighted by atomic mass is 16.5. The number of hydrogen-bond donors (Lipinski definition) is 1. The van der Waals surface area contributed by atoms with Gasteiger partial charge in [0, 0.05) is 25.9 Å². The Hall–Kier alpha value is -1.75. The maximum absolute atomic E-state index is 12.6. The van der Waals surface area contributed by atoms with Crippen LogP contribution in [0.5, 0.6) is 5.75 Å². The van der Waals surface area contributed by atoms with Crippen molar-refractivity contribution in [3.8, 4) is 5.75 Å². The van der Waals surface area contributed by atoms with E-state index >= 15 is 0 Å². The van der Waals surface area contributed by atoms with E-state index in [4.69, 9.17) is 9.47 Å². The summed E-state index contributed by atoms with van der Waals surface area (Å²) in [6.45, 7) is 11.4. The fourth-order valence-corrected chi connectivity index (χ4v) is 2.22. The van der Waals surface area contributed by atoms with Crippen molar-refractivity contribution in [1.29, 1.82) is 0 Å². The lowest BCUT2D eigenvalue weighted by molar-refractivity contribution is 0.146. The normalized spacial score (nSPS) is 11.0. The van der Waals surface area contributed by atoms with Crippen molar-refractivity contribution in [1.82, 2.24) is 4.90 Å². The van der Waals surface area contributed by atoms with Gasteiger partial charge in [-0.25, -0.2) is 4.79 Å². The zero-order chi connectivity index (χ0) is 18.7. The van der Waals surface area contributed by atoms with Gasteiger partial charge in [-0.1, -0.05) is 27.7 Å². The number of anilines is 1. The first-order chi connectivity index (χ1) is 11.9. The third-order valence-corrected chi connectivity index (χ3v) is 3.90. The SMILES string of the molecule is COCCOc1ccc(NC(=O)N(CCC(C)C)CCC(C)C)cc1. The van der Waals surface area contributed by atoms with Gasteiger partial charge in [0.05, 0.1) is 6.61 Å². The second-order valence-corrected chi connectivity index (χ2v) is 7.15. The lowest BCUT2D eigenvalue weighted by atomic mass is 10.1. The molecule has 0 heterocycles. The molecular weight excluding hydrogens is 316 g/mol. The monoisotopic (exact) mass is 350 g/mol. The molecule has 1 aromatic carbocycles. The van der Waals surface area contributed by atoms with Crippen molar-refractivity contribution in [2.45, 2.75) is 40.5 Å². The molecule has 0 unspecified atom stereocenters. The molecular formula is C20H34N2O3. The molecule has 5 nitrogen and oxygen atoms in total. The Kier molecular flexibility index (Phi) is 10.0. The van der Waals surface area contributed by atoms with Crippen molar-refractivity contribution < 1.29 is 14.3 Å². The summed E-state index contributed by atoms with van der Waals surface area (Å²) in [6.07, 6.45) is 2.02. The molecule has 0 aliphatic rings. The summed E-state index contributed by atoms with van der Waals surface area (Å²) in [7, 11) is 1.65. The molecule has 0 aliphatic heterocycles. The minimum absolute atomic E-state index is 0.0330. The number of carbonyl (C=O) groups excluding carboxylic acids is 1. The molecule has 0 bridgehead atoms. The molecule has 0 saturated heterocycles. The van der Waals surface area contributed by atoms with E-state index in [2.05, 4.69) is 33.0 Å². The second kappa shape index (κ2) is 11.7. The number of nitrogens with one attached hydrogen (secondary N) is 1. The molecule has 2 amide bonds. The van der Waals surface area contributed by atoms with Crippen molar-refractivity contribution in [3.63, 3.8) is 0 Å². The van der Waals surface area contributed by atoms with Gasteiger partial charge in [0.25, 0.3) is 0 Å². The van der Waals surface area contributed by atoms with E-state index in [1.54, 1.807) is 7.11 Å². The molecule has 0 spiro atoms. The van der Waals surface area contributed by atoms with Gasteiger partial charge in [-0.15, -0.1) is 0 Å². The minimum atomic E-state index is -0.0330. The maximum Gasteiger partial charge on any atom is 0.321 e. The number of urea groups is 1. The van der Waals surface area contributed by atoms with Crippen molar-refractivity contribution in [2.24, 2.45) is 11.8 Å². The number of benzene rings is 1. The Balaban J connectivity index is 2.58. The average Bonchev–Trinajstić information content (AvgIpc) is 2.56. The van der Waals surface area contributed by atoms with E-state index < -0.39 is 0 Å². The molecule has 25 heavy (non-hydrogen) atoms. The van der Waals surface area contributed by atoms with Crippen LogP contribution in [0.1, 0.15) is 40.5 Å². The Labute approximate surface area is 152 Å². The number of rotatable bonds is 11. The minimum Gasteiger partial charge on any atom is -0.491 e. The van der Waals surface area contributed by atoms with E-state index in [1.165, 1.54) is 0 Å². The molecule has 0 aromatic heterocycles. The quantitative estimate of drug-likeness (QED) is 0.592. The third kappa shape index (κ3) is 9.34. The molecule has 0 saturated carbocycles. The lowest BCUT2D eigenvalue weighted by Gasteiger charge is -2.25. The number of carbonyl (C=O) groups is 1. The first kappa shape index (κ1) is 21.3. The molecule has 5 heteroatoms. The Morgan fingerprint density at radius 3 is 2.04 bits per heavy atom. The van der Waals surface area contributed by atoms with Gasteiger partial charge in [-0.05, 0) is 48.9 Å². The standard InChI is InChI=1S/C20H34N2O3/c1-16(2)10-12-22(13-11-17(3)4)20(23)21-18-6-8-19(9-7-18)25-15-14-24-5/h6-9,16-17H,10-15H2,1-5H3,(H,21,23). The molecule has 1 N–H and O–H groups in total. The highest BCUT2D eigenvalue weighted by Gasteiger charge is 2.14. The van der Waals surface area contributed by atoms with Crippen molar-refractivity contribution in [3.05, 3.63) is 24.3 Å². The first-order valence-electron chi connectivity index (χ1n) is 9.20. The highest BCUT2D eigenvalue weighted by molar-refractivity contribution is 5.89. The first-order valence-corrected chi connectivity index (χ1v) is 9.20. The van der Waals surface area contributed by atoms with Crippen molar-refractivity contribution >= 4 is 11.7 Å². The van der Waals surface area contributed by atoms with Gasteiger partial charge in [0.2, 0.25) is 0 Å². The summed E-state index contributed by atoms with van der Waals surface area (Å²) < 4.78 is 10.5. The molecule has 1 aromatic rings. The van der Waals surface area contributed by atoms with E-state index in [-0.39, 0.29) is 6.03 Å². The Morgan fingerprint density at radius 2 is 1.56 bits per heavy atom.